The Kier molecular flexibility index (Phi) is 5.58. The summed E-state index contributed by atoms with van der Waals surface area (Å²) >= 11 is 0. The summed E-state index contributed by atoms with van der Waals surface area (Å²) in [5.41, 5.74) is -0.335. The quantitative estimate of drug-likeness (QED) is 0.825. The largest absolute Gasteiger partial charge is 0.379 e. The van der Waals surface area contributed by atoms with Crippen LogP contribution in [0.1, 0.15) is 24.8 Å². The Bertz CT molecular complexity index is 675. The van der Waals surface area contributed by atoms with Crippen molar-refractivity contribution in [2.45, 2.75) is 36.8 Å². The Balaban J connectivity index is 1.65. The lowest BCUT2D eigenvalue weighted by Gasteiger charge is -2.33. The third-order valence-electron chi connectivity index (χ3n) is 5.11. The summed E-state index contributed by atoms with van der Waals surface area (Å²) in [5, 5.41) is 3.01. The van der Waals surface area contributed by atoms with Gasteiger partial charge in [-0.25, -0.2) is 4.39 Å². The summed E-state index contributed by atoms with van der Waals surface area (Å²) in [7, 11) is 3.32. The van der Waals surface area contributed by atoms with Crippen LogP contribution in [0.3, 0.4) is 0 Å². The van der Waals surface area contributed by atoms with E-state index in [1.54, 1.807) is 32.3 Å². The van der Waals surface area contributed by atoms with Crippen LogP contribution in [0, 0.1) is 5.82 Å². The molecule has 1 N–H and O–H groups in total. The molecule has 3 rings (SSSR count). The summed E-state index contributed by atoms with van der Waals surface area (Å²) in [4.78, 5) is 26.1. The zero-order chi connectivity index (χ0) is 18.7. The molecule has 1 aromatic rings. The molecule has 2 atom stereocenters. The van der Waals surface area contributed by atoms with Gasteiger partial charge >= 0.3 is 0 Å². The second kappa shape index (κ2) is 7.72. The van der Waals surface area contributed by atoms with Gasteiger partial charge < -0.3 is 19.7 Å². The van der Waals surface area contributed by atoms with Gasteiger partial charge in [-0.1, -0.05) is 18.2 Å². The third-order valence-corrected chi connectivity index (χ3v) is 5.11. The van der Waals surface area contributed by atoms with Crippen LogP contribution in [0.5, 0.6) is 0 Å². The smallest absolute Gasteiger partial charge is 0.248 e. The van der Waals surface area contributed by atoms with Crippen molar-refractivity contribution in [3.8, 4) is 0 Å². The van der Waals surface area contributed by atoms with Gasteiger partial charge in [0.05, 0.1) is 18.1 Å². The molecule has 6 nitrogen and oxygen atoms in total. The number of carbonyl (C=O) groups excluding carboxylic acids is 2. The van der Waals surface area contributed by atoms with Crippen molar-refractivity contribution in [3.63, 3.8) is 0 Å². The topological polar surface area (TPSA) is 67.9 Å². The highest BCUT2D eigenvalue weighted by molar-refractivity contribution is 5.91. The predicted octanol–water partition coefficient (Wildman–Crippen LogP) is 1.24. The Hall–Kier alpha value is -1.99. The van der Waals surface area contributed by atoms with E-state index >= 15 is 0 Å². The molecule has 1 saturated carbocycles. The summed E-state index contributed by atoms with van der Waals surface area (Å²) < 4.78 is 25.3. The molecule has 0 unspecified atom stereocenters. The average molecular weight is 364 g/mol. The number of carbonyl (C=O) groups is 2. The standard InChI is InChI=1S/C19H25FN2O4/c1-22(2)17(23)12-26-16-11-25-10-7-15(16)21-18(24)19(8-9-19)13-5-3-4-6-14(13)20/h3-6,15-16H,7-12H2,1-2H3,(H,21,24)/t15-,16-/m1/s1. The number of hydrogen-bond acceptors (Lipinski definition) is 4. The molecule has 2 amide bonds. The van der Waals surface area contributed by atoms with E-state index in [2.05, 4.69) is 5.32 Å². The van der Waals surface area contributed by atoms with Crippen LogP contribution in [-0.2, 0) is 24.5 Å². The number of benzene rings is 1. The van der Waals surface area contributed by atoms with Crippen LogP contribution < -0.4 is 5.32 Å². The van der Waals surface area contributed by atoms with E-state index < -0.39 is 11.5 Å². The molecule has 2 aliphatic rings. The van der Waals surface area contributed by atoms with Crippen LogP contribution >= 0.6 is 0 Å². The lowest BCUT2D eigenvalue weighted by atomic mass is 9.93. The van der Waals surface area contributed by atoms with Crippen LogP contribution in [0.25, 0.3) is 0 Å². The Morgan fingerprint density at radius 2 is 2.08 bits per heavy atom. The molecule has 7 heteroatoms. The summed E-state index contributed by atoms with van der Waals surface area (Å²) in [6, 6.07) is 6.18. The summed E-state index contributed by atoms with van der Waals surface area (Å²) in [5.74, 6) is -0.677. The van der Waals surface area contributed by atoms with Crippen LogP contribution in [0.15, 0.2) is 24.3 Å². The summed E-state index contributed by atoms with van der Waals surface area (Å²) in [6.45, 7) is 0.767. The monoisotopic (exact) mass is 364 g/mol. The second-order valence-electron chi connectivity index (χ2n) is 7.14. The zero-order valence-corrected chi connectivity index (χ0v) is 15.2. The molecule has 1 heterocycles. The number of rotatable bonds is 6. The van der Waals surface area contributed by atoms with E-state index in [1.807, 2.05) is 0 Å². The van der Waals surface area contributed by atoms with Crippen molar-refractivity contribution < 1.29 is 23.5 Å². The molecule has 1 aliphatic carbocycles. The zero-order valence-electron chi connectivity index (χ0n) is 15.2. The average Bonchev–Trinajstić information content (AvgIpc) is 3.42. The van der Waals surface area contributed by atoms with Gasteiger partial charge in [0.15, 0.2) is 0 Å². The van der Waals surface area contributed by atoms with Gasteiger partial charge in [0.25, 0.3) is 0 Å². The molecule has 26 heavy (non-hydrogen) atoms. The van der Waals surface area contributed by atoms with E-state index in [4.69, 9.17) is 9.47 Å². The predicted molar refractivity (Wildman–Crippen MR) is 93.1 cm³/mol. The van der Waals surface area contributed by atoms with Gasteiger partial charge in [-0.3, -0.25) is 9.59 Å². The molecule has 0 radical (unpaired) electrons. The lowest BCUT2D eigenvalue weighted by Crippen LogP contribution is -2.53. The first-order valence-corrected chi connectivity index (χ1v) is 8.89. The molecule has 1 aromatic carbocycles. The minimum atomic E-state index is -0.784. The first-order valence-electron chi connectivity index (χ1n) is 8.89. The molecular formula is C19H25FN2O4. The van der Waals surface area contributed by atoms with E-state index in [-0.39, 0.29) is 30.3 Å². The normalized spacial score (nSPS) is 24.0. The SMILES string of the molecule is CN(C)C(=O)CO[C@@H]1COCC[C@H]1NC(=O)C1(c2ccccc2F)CC1. The molecule has 0 spiro atoms. The summed E-state index contributed by atoms with van der Waals surface area (Å²) in [6.07, 6.45) is 1.47. The number of hydrogen-bond donors (Lipinski definition) is 1. The van der Waals surface area contributed by atoms with Gasteiger partial charge in [-0.05, 0) is 25.3 Å². The van der Waals surface area contributed by atoms with E-state index in [9.17, 15) is 14.0 Å². The first-order chi connectivity index (χ1) is 12.4. The minimum Gasteiger partial charge on any atom is -0.379 e. The van der Waals surface area contributed by atoms with Gasteiger partial charge in [0.2, 0.25) is 11.8 Å². The van der Waals surface area contributed by atoms with Crippen molar-refractivity contribution in [2.24, 2.45) is 0 Å². The molecule has 2 fully saturated rings. The highest BCUT2D eigenvalue weighted by Gasteiger charge is 2.53. The van der Waals surface area contributed by atoms with Crippen LogP contribution in [0.2, 0.25) is 0 Å². The third kappa shape index (κ3) is 3.88. The highest BCUT2D eigenvalue weighted by Crippen LogP contribution is 2.49. The van der Waals surface area contributed by atoms with E-state index in [1.165, 1.54) is 11.0 Å². The molecule has 1 saturated heterocycles. The van der Waals surface area contributed by atoms with E-state index in [0.717, 1.165) is 0 Å². The fourth-order valence-electron chi connectivity index (χ4n) is 3.25. The van der Waals surface area contributed by atoms with Gasteiger partial charge in [-0.2, -0.15) is 0 Å². The first kappa shape index (κ1) is 18.8. The second-order valence-corrected chi connectivity index (χ2v) is 7.14. The van der Waals surface area contributed by atoms with Crippen LogP contribution in [0.4, 0.5) is 4.39 Å². The number of likely N-dealkylation sites (N-methyl/N-ethyl adjacent to an activating group) is 1. The highest BCUT2D eigenvalue weighted by atomic mass is 19.1. The van der Waals surface area contributed by atoms with Crippen LogP contribution in [-0.4, -0.2) is 62.8 Å². The Morgan fingerprint density at radius 1 is 1.35 bits per heavy atom. The molecule has 0 aromatic heterocycles. The van der Waals surface area contributed by atoms with Crippen molar-refractivity contribution in [1.82, 2.24) is 10.2 Å². The molecule has 0 bridgehead atoms. The maximum Gasteiger partial charge on any atom is 0.248 e. The van der Waals surface area contributed by atoms with Gasteiger partial charge in [-0.15, -0.1) is 0 Å². The van der Waals surface area contributed by atoms with E-state index in [0.29, 0.717) is 38.0 Å². The van der Waals surface area contributed by atoms with Gasteiger partial charge in [0.1, 0.15) is 18.5 Å². The van der Waals surface area contributed by atoms with Crippen molar-refractivity contribution in [1.29, 1.82) is 0 Å². The maximum atomic E-state index is 14.2. The number of halogens is 1. The number of amides is 2. The number of nitrogens with one attached hydrogen (secondary N) is 1. The fraction of sp³-hybridized carbons (Fsp3) is 0.579. The number of nitrogens with zero attached hydrogens (tertiary/aromatic N) is 1. The lowest BCUT2D eigenvalue weighted by molar-refractivity contribution is -0.141. The van der Waals surface area contributed by atoms with Crippen molar-refractivity contribution >= 4 is 11.8 Å². The maximum absolute atomic E-state index is 14.2. The Morgan fingerprint density at radius 3 is 2.73 bits per heavy atom. The van der Waals surface area contributed by atoms with Crippen molar-refractivity contribution in [2.75, 3.05) is 33.9 Å². The van der Waals surface area contributed by atoms with Gasteiger partial charge in [0, 0.05) is 26.3 Å². The number of ether oxygens (including phenoxy) is 2. The molecule has 142 valence electrons. The Labute approximate surface area is 152 Å². The molecular weight excluding hydrogens is 339 g/mol. The minimum absolute atomic E-state index is 0.0636. The fourth-order valence-corrected chi connectivity index (χ4v) is 3.25. The molecule has 1 aliphatic heterocycles. The van der Waals surface area contributed by atoms with Crippen molar-refractivity contribution in [3.05, 3.63) is 35.6 Å².